The van der Waals surface area contributed by atoms with Gasteiger partial charge >= 0.3 is 0 Å². The van der Waals surface area contributed by atoms with Crippen LogP contribution in [0.25, 0.3) is 0 Å². The van der Waals surface area contributed by atoms with Crippen molar-refractivity contribution in [2.45, 2.75) is 44.5 Å². The summed E-state index contributed by atoms with van der Waals surface area (Å²) in [6.07, 6.45) is 3.23. The molecule has 0 radical (unpaired) electrons. The van der Waals surface area contributed by atoms with E-state index >= 15 is 0 Å². The Morgan fingerprint density at radius 1 is 1.36 bits per heavy atom. The molecule has 2 aliphatic rings. The highest BCUT2D eigenvalue weighted by molar-refractivity contribution is 5.80. The van der Waals surface area contributed by atoms with Crippen LogP contribution in [-0.4, -0.2) is 30.9 Å². The molecule has 1 saturated heterocycles. The molecular weight excluding hydrogens is 320 g/mol. The Morgan fingerprint density at radius 2 is 2.08 bits per heavy atom. The SMILES string of the molecule is C=CC[C@]12CCC(=O)CC1(O)O[C@@H](c1ccc(OC)c(OC)c1)[C@H]2C. The summed E-state index contributed by atoms with van der Waals surface area (Å²) in [6.45, 7) is 5.94. The van der Waals surface area contributed by atoms with E-state index < -0.39 is 11.2 Å². The van der Waals surface area contributed by atoms with Crippen molar-refractivity contribution in [3.8, 4) is 11.5 Å². The monoisotopic (exact) mass is 346 g/mol. The van der Waals surface area contributed by atoms with Gasteiger partial charge in [0.05, 0.1) is 26.7 Å². The summed E-state index contributed by atoms with van der Waals surface area (Å²) >= 11 is 0. The highest BCUT2D eigenvalue weighted by Crippen LogP contribution is 2.62. The molecule has 1 aliphatic carbocycles. The van der Waals surface area contributed by atoms with E-state index in [1.807, 2.05) is 24.3 Å². The average Bonchev–Trinajstić information content (AvgIpc) is 2.82. The normalized spacial score (nSPS) is 34.5. The molecule has 1 N–H and O–H groups in total. The first kappa shape index (κ1) is 18.0. The van der Waals surface area contributed by atoms with E-state index in [1.165, 1.54) is 0 Å². The second kappa shape index (κ2) is 6.46. The topological polar surface area (TPSA) is 65.0 Å². The summed E-state index contributed by atoms with van der Waals surface area (Å²) in [6, 6.07) is 5.64. The minimum absolute atomic E-state index is 0.0294. The Balaban J connectivity index is 2.02. The molecule has 0 bridgehead atoms. The van der Waals surface area contributed by atoms with Gasteiger partial charge in [-0.25, -0.2) is 0 Å². The number of allylic oxidation sites excluding steroid dienone is 1. The van der Waals surface area contributed by atoms with Crippen LogP contribution in [0.1, 0.15) is 44.3 Å². The number of methoxy groups -OCH3 is 2. The van der Waals surface area contributed by atoms with Crippen molar-refractivity contribution < 1.29 is 24.1 Å². The predicted octanol–water partition coefficient (Wildman–Crippen LogP) is 3.42. The number of Topliss-reactive ketones (excluding diaryl/α,β-unsaturated/α-hetero) is 1. The van der Waals surface area contributed by atoms with Crippen molar-refractivity contribution in [2.75, 3.05) is 14.2 Å². The second-order valence-electron chi connectivity index (χ2n) is 7.09. The van der Waals surface area contributed by atoms with E-state index in [2.05, 4.69) is 13.5 Å². The van der Waals surface area contributed by atoms with E-state index in [-0.39, 0.29) is 24.2 Å². The molecule has 4 atom stereocenters. The van der Waals surface area contributed by atoms with Crippen molar-refractivity contribution in [3.05, 3.63) is 36.4 Å². The lowest BCUT2D eigenvalue weighted by atomic mass is 9.61. The van der Waals surface area contributed by atoms with Gasteiger partial charge in [0.2, 0.25) is 0 Å². The van der Waals surface area contributed by atoms with Gasteiger partial charge in [-0.2, -0.15) is 0 Å². The summed E-state index contributed by atoms with van der Waals surface area (Å²) in [5, 5.41) is 11.2. The number of ketones is 1. The standard InChI is InChI=1S/C20H26O5/c1-5-9-19-10-8-15(21)12-20(19,22)25-18(13(19)2)14-6-7-16(23-3)17(11-14)24-4/h5-7,11,13,18,22H,1,8-10,12H2,2-4H3/t13-,18-,19-,20?/m1/s1. The number of hydrogen-bond donors (Lipinski definition) is 1. The fraction of sp³-hybridized carbons (Fsp3) is 0.550. The highest BCUT2D eigenvalue weighted by atomic mass is 16.6. The molecular formula is C20H26O5. The summed E-state index contributed by atoms with van der Waals surface area (Å²) in [5.41, 5.74) is 0.407. The minimum atomic E-state index is -1.45. The van der Waals surface area contributed by atoms with Gasteiger partial charge in [-0.1, -0.05) is 19.1 Å². The highest BCUT2D eigenvalue weighted by Gasteiger charge is 2.64. The Kier molecular flexibility index (Phi) is 4.64. The summed E-state index contributed by atoms with van der Waals surface area (Å²) in [7, 11) is 3.18. The molecule has 1 unspecified atom stereocenters. The molecule has 5 nitrogen and oxygen atoms in total. The molecule has 1 aliphatic heterocycles. The third-order valence-corrected chi connectivity index (χ3v) is 5.96. The Morgan fingerprint density at radius 3 is 2.72 bits per heavy atom. The zero-order chi connectivity index (χ0) is 18.2. The molecule has 0 aromatic heterocycles. The molecule has 2 fully saturated rings. The van der Waals surface area contributed by atoms with Crippen LogP contribution >= 0.6 is 0 Å². The van der Waals surface area contributed by atoms with E-state index in [0.717, 1.165) is 5.56 Å². The van der Waals surface area contributed by atoms with Gasteiger partial charge in [-0.05, 0) is 36.5 Å². The van der Waals surface area contributed by atoms with Gasteiger partial charge < -0.3 is 19.3 Å². The summed E-state index contributed by atoms with van der Waals surface area (Å²) in [4.78, 5) is 12.0. The Bertz CT molecular complexity index is 685. The maximum atomic E-state index is 12.0. The van der Waals surface area contributed by atoms with Crippen molar-refractivity contribution >= 4 is 5.78 Å². The molecule has 1 aromatic carbocycles. The van der Waals surface area contributed by atoms with E-state index in [9.17, 15) is 9.90 Å². The van der Waals surface area contributed by atoms with Gasteiger partial charge in [0.15, 0.2) is 17.3 Å². The van der Waals surface area contributed by atoms with Crippen LogP contribution < -0.4 is 9.47 Å². The second-order valence-corrected chi connectivity index (χ2v) is 7.09. The van der Waals surface area contributed by atoms with Crippen LogP contribution in [0.3, 0.4) is 0 Å². The smallest absolute Gasteiger partial charge is 0.179 e. The molecule has 3 rings (SSSR count). The lowest BCUT2D eigenvalue weighted by molar-refractivity contribution is -0.251. The first-order valence-electron chi connectivity index (χ1n) is 8.65. The fourth-order valence-electron chi connectivity index (χ4n) is 4.53. The van der Waals surface area contributed by atoms with Crippen molar-refractivity contribution in [1.82, 2.24) is 0 Å². The maximum absolute atomic E-state index is 12.0. The van der Waals surface area contributed by atoms with Crippen LogP contribution in [0.2, 0.25) is 0 Å². The van der Waals surface area contributed by atoms with Gasteiger partial charge in [0.25, 0.3) is 0 Å². The molecule has 1 saturated carbocycles. The van der Waals surface area contributed by atoms with E-state index in [1.54, 1.807) is 14.2 Å². The molecule has 0 amide bonds. The van der Waals surface area contributed by atoms with Crippen molar-refractivity contribution in [1.29, 1.82) is 0 Å². The average molecular weight is 346 g/mol. The molecule has 1 heterocycles. The number of carbonyl (C=O) groups excluding carboxylic acids is 1. The zero-order valence-electron chi connectivity index (χ0n) is 15.1. The number of aliphatic hydroxyl groups is 1. The largest absolute Gasteiger partial charge is 0.493 e. The number of ether oxygens (including phenoxy) is 3. The zero-order valence-corrected chi connectivity index (χ0v) is 15.1. The third kappa shape index (κ3) is 2.66. The lowest BCUT2D eigenvalue weighted by Gasteiger charge is -2.45. The lowest BCUT2D eigenvalue weighted by Crippen LogP contribution is -2.52. The van der Waals surface area contributed by atoms with Gasteiger partial charge in [-0.15, -0.1) is 6.58 Å². The number of benzene rings is 1. The minimum Gasteiger partial charge on any atom is -0.493 e. The summed E-state index contributed by atoms with van der Waals surface area (Å²) < 4.78 is 16.8. The molecule has 0 spiro atoms. The predicted molar refractivity (Wildman–Crippen MR) is 93.6 cm³/mol. The number of rotatable bonds is 5. The Labute approximate surface area is 148 Å². The number of hydrogen-bond acceptors (Lipinski definition) is 5. The maximum Gasteiger partial charge on any atom is 0.179 e. The fourth-order valence-corrected chi connectivity index (χ4v) is 4.53. The number of fused-ring (bicyclic) bond motifs is 1. The molecule has 5 heteroatoms. The van der Waals surface area contributed by atoms with Crippen molar-refractivity contribution in [3.63, 3.8) is 0 Å². The van der Waals surface area contributed by atoms with Crippen LogP contribution in [0.5, 0.6) is 11.5 Å². The molecule has 25 heavy (non-hydrogen) atoms. The molecule has 1 aromatic rings. The van der Waals surface area contributed by atoms with Crippen LogP contribution in [-0.2, 0) is 9.53 Å². The number of carbonyl (C=O) groups is 1. The van der Waals surface area contributed by atoms with E-state index in [4.69, 9.17) is 14.2 Å². The first-order chi connectivity index (χ1) is 11.9. The van der Waals surface area contributed by atoms with Gasteiger partial charge in [-0.3, -0.25) is 4.79 Å². The van der Waals surface area contributed by atoms with Crippen molar-refractivity contribution in [2.24, 2.45) is 11.3 Å². The van der Waals surface area contributed by atoms with Gasteiger partial charge in [0.1, 0.15) is 5.78 Å². The van der Waals surface area contributed by atoms with E-state index in [0.29, 0.717) is 30.8 Å². The Hall–Kier alpha value is -1.85. The van der Waals surface area contributed by atoms with Crippen LogP contribution in [0.15, 0.2) is 30.9 Å². The first-order valence-corrected chi connectivity index (χ1v) is 8.65. The molecule has 136 valence electrons. The van der Waals surface area contributed by atoms with Crippen LogP contribution in [0.4, 0.5) is 0 Å². The quantitative estimate of drug-likeness (QED) is 0.828. The van der Waals surface area contributed by atoms with Crippen LogP contribution in [0, 0.1) is 11.3 Å². The third-order valence-electron chi connectivity index (χ3n) is 5.96. The summed E-state index contributed by atoms with van der Waals surface area (Å²) in [5.74, 6) is -0.118. The van der Waals surface area contributed by atoms with Gasteiger partial charge in [0, 0.05) is 11.8 Å².